The molecule has 0 fully saturated rings. The van der Waals surface area contributed by atoms with Crippen LogP contribution in [0, 0.1) is 5.92 Å². The molecule has 0 aliphatic carbocycles. The maximum absolute atomic E-state index is 12.7. The minimum absolute atomic E-state index is 0.276. The van der Waals surface area contributed by atoms with Gasteiger partial charge < -0.3 is 19.8 Å². The second kappa shape index (κ2) is 7.70. The van der Waals surface area contributed by atoms with Crippen LogP contribution in [-0.4, -0.2) is 40.8 Å². The molecule has 0 aliphatic rings. The Morgan fingerprint density at radius 1 is 1.19 bits per heavy atom. The van der Waals surface area contributed by atoms with Crippen molar-refractivity contribution in [2.45, 2.75) is 26.8 Å². The van der Waals surface area contributed by atoms with Crippen LogP contribution in [0.4, 0.5) is 5.82 Å². The average molecular weight is 356 g/mol. The lowest BCUT2D eigenvalue weighted by molar-refractivity contribution is 0.0491. The zero-order chi connectivity index (χ0) is 18.7. The molecule has 3 rings (SSSR count). The number of fused-ring (bicyclic) bond motifs is 2. The number of esters is 1. The van der Waals surface area contributed by atoms with Crippen LogP contribution < -0.4 is 5.73 Å². The highest BCUT2D eigenvalue weighted by Gasteiger charge is 2.25. The number of carbonyl (C=O) groups is 1. The number of nitrogens with zero attached hydrogens (tertiary/aromatic N) is 3. The highest BCUT2D eigenvalue weighted by atomic mass is 16.5. The van der Waals surface area contributed by atoms with Crippen LogP contribution >= 0.6 is 0 Å². The van der Waals surface area contributed by atoms with Crippen LogP contribution in [0.25, 0.3) is 22.2 Å². The minimum Gasteiger partial charge on any atom is -0.462 e. The SMILES string of the molecule is COCCn1c(N)c(C(=O)OCCC(C)C)c2nc3ccccc3nc21. The van der Waals surface area contributed by atoms with E-state index in [2.05, 4.69) is 23.8 Å². The van der Waals surface area contributed by atoms with Gasteiger partial charge in [-0.15, -0.1) is 0 Å². The van der Waals surface area contributed by atoms with Crippen LogP contribution in [-0.2, 0) is 16.0 Å². The molecule has 7 heteroatoms. The molecule has 26 heavy (non-hydrogen) atoms. The van der Waals surface area contributed by atoms with E-state index in [9.17, 15) is 4.79 Å². The Balaban J connectivity index is 2.09. The lowest BCUT2D eigenvalue weighted by Gasteiger charge is -2.08. The third-order valence-corrected chi connectivity index (χ3v) is 4.24. The Bertz CT molecular complexity index is 933. The first kappa shape index (κ1) is 18.1. The predicted octanol–water partition coefficient (Wildman–Crippen LogP) is 3.02. The fourth-order valence-corrected chi connectivity index (χ4v) is 2.79. The first-order valence-electron chi connectivity index (χ1n) is 8.73. The zero-order valence-electron chi connectivity index (χ0n) is 15.4. The summed E-state index contributed by atoms with van der Waals surface area (Å²) in [6.45, 7) is 5.43. The number of anilines is 1. The van der Waals surface area contributed by atoms with E-state index in [1.807, 2.05) is 24.3 Å². The van der Waals surface area contributed by atoms with Gasteiger partial charge in [-0.1, -0.05) is 26.0 Å². The summed E-state index contributed by atoms with van der Waals surface area (Å²) in [6, 6.07) is 7.52. The third-order valence-electron chi connectivity index (χ3n) is 4.24. The second-order valence-corrected chi connectivity index (χ2v) is 6.61. The molecule has 0 spiro atoms. The van der Waals surface area contributed by atoms with E-state index in [1.165, 1.54) is 0 Å². The van der Waals surface area contributed by atoms with Gasteiger partial charge in [0.1, 0.15) is 16.9 Å². The summed E-state index contributed by atoms with van der Waals surface area (Å²) in [7, 11) is 1.62. The first-order chi connectivity index (χ1) is 12.5. The van der Waals surface area contributed by atoms with Crippen molar-refractivity contribution in [3.63, 3.8) is 0 Å². The molecule has 138 valence electrons. The van der Waals surface area contributed by atoms with Crippen molar-refractivity contribution < 1.29 is 14.3 Å². The Labute approximate surface area is 152 Å². The molecule has 0 saturated carbocycles. The fraction of sp³-hybridized carbons (Fsp3) is 0.421. The quantitative estimate of drug-likeness (QED) is 0.654. The number of nitrogen functional groups attached to an aromatic ring is 1. The topological polar surface area (TPSA) is 92.3 Å². The maximum Gasteiger partial charge on any atom is 0.344 e. The highest BCUT2D eigenvalue weighted by Crippen LogP contribution is 2.28. The first-order valence-corrected chi connectivity index (χ1v) is 8.73. The second-order valence-electron chi connectivity index (χ2n) is 6.61. The maximum atomic E-state index is 12.7. The number of hydrogen-bond donors (Lipinski definition) is 1. The van der Waals surface area contributed by atoms with E-state index in [0.29, 0.717) is 48.2 Å². The van der Waals surface area contributed by atoms with Crippen molar-refractivity contribution in [3.05, 3.63) is 29.8 Å². The van der Waals surface area contributed by atoms with Gasteiger partial charge in [0.2, 0.25) is 0 Å². The number of benzene rings is 1. The fourth-order valence-electron chi connectivity index (χ4n) is 2.79. The van der Waals surface area contributed by atoms with Crippen LogP contribution in [0.2, 0.25) is 0 Å². The largest absolute Gasteiger partial charge is 0.462 e. The molecular weight excluding hydrogens is 332 g/mol. The van der Waals surface area contributed by atoms with Gasteiger partial charge in [0, 0.05) is 13.7 Å². The van der Waals surface area contributed by atoms with Crippen LogP contribution in [0.3, 0.4) is 0 Å². The monoisotopic (exact) mass is 356 g/mol. The molecule has 2 N–H and O–H groups in total. The molecule has 0 amide bonds. The molecule has 0 unspecified atom stereocenters. The standard InChI is InChI=1S/C19H24N4O3/c1-12(2)8-10-26-19(24)15-16-18(23(17(15)20)9-11-25-3)22-14-7-5-4-6-13(14)21-16/h4-7,12H,8-11,20H2,1-3H3. The van der Waals surface area contributed by atoms with Crippen molar-refractivity contribution in [2.24, 2.45) is 5.92 Å². The summed E-state index contributed by atoms with van der Waals surface area (Å²) in [5, 5.41) is 0. The van der Waals surface area contributed by atoms with Gasteiger partial charge in [0.05, 0.1) is 24.2 Å². The molecule has 3 aromatic rings. The summed E-state index contributed by atoms with van der Waals surface area (Å²) < 4.78 is 12.3. The van der Waals surface area contributed by atoms with Gasteiger partial charge in [-0.3, -0.25) is 0 Å². The number of para-hydroxylation sites is 2. The molecule has 0 saturated heterocycles. The van der Waals surface area contributed by atoms with Crippen molar-refractivity contribution >= 4 is 34.0 Å². The van der Waals surface area contributed by atoms with Gasteiger partial charge in [-0.25, -0.2) is 14.8 Å². The number of carbonyl (C=O) groups excluding carboxylic acids is 1. The van der Waals surface area contributed by atoms with E-state index < -0.39 is 5.97 Å². The van der Waals surface area contributed by atoms with E-state index >= 15 is 0 Å². The number of aromatic nitrogens is 3. The molecule has 0 aliphatic heterocycles. The van der Waals surface area contributed by atoms with Gasteiger partial charge in [0.15, 0.2) is 5.65 Å². The molecule has 1 aromatic carbocycles. The summed E-state index contributed by atoms with van der Waals surface area (Å²) >= 11 is 0. The van der Waals surface area contributed by atoms with E-state index in [-0.39, 0.29) is 5.56 Å². The van der Waals surface area contributed by atoms with Crippen molar-refractivity contribution in [1.29, 1.82) is 0 Å². The third kappa shape index (κ3) is 3.48. The van der Waals surface area contributed by atoms with Crippen LogP contribution in [0.5, 0.6) is 0 Å². The lowest BCUT2D eigenvalue weighted by atomic mass is 10.1. The molecule has 0 bridgehead atoms. The van der Waals surface area contributed by atoms with E-state index in [4.69, 9.17) is 15.2 Å². The summed E-state index contributed by atoms with van der Waals surface area (Å²) in [5.74, 6) is 0.294. The molecule has 7 nitrogen and oxygen atoms in total. The molecule has 2 aromatic heterocycles. The normalized spacial score (nSPS) is 11.5. The minimum atomic E-state index is -0.464. The Morgan fingerprint density at radius 3 is 2.54 bits per heavy atom. The van der Waals surface area contributed by atoms with Gasteiger partial charge >= 0.3 is 5.97 Å². The summed E-state index contributed by atoms with van der Waals surface area (Å²) in [5.41, 5.74) is 9.04. The van der Waals surface area contributed by atoms with Gasteiger partial charge in [-0.05, 0) is 24.5 Å². The Hall–Kier alpha value is -2.67. The number of ether oxygens (including phenoxy) is 2. The summed E-state index contributed by atoms with van der Waals surface area (Å²) in [4.78, 5) is 22.0. The Kier molecular flexibility index (Phi) is 5.37. The van der Waals surface area contributed by atoms with Gasteiger partial charge in [0.25, 0.3) is 0 Å². The summed E-state index contributed by atoms with van der Waals surface area (Å²) in [6.07, 6.45) is 0.794. The molecular formula is C19H24N4O3. The number of nitrogens with two attached hydrogens (primary N) is 1. The lowest BCUT2D eigenvalue weighted by Crippen LogP contribution is -2.12. The molecule has 2 heterocycles. The smallest absolute Gasteiger partial charge is 0.344 e. The van der Waals surface area contributed by atoms with Crippen molar-refractivity contribution in [3.8, 4) is 0 Å². The zero-order valence-corrected chi connectivity index (χ0v) is 15.4. The number of methoxy groups -OCH3 is 1. The highest BCUT2D eigenvalue weighted by molar-refractivity contribution is 6.08. The molecule has 0 radical (unpaired) electrons. The van der Waals surface area contributed by atoms with Crippen LogP contribution in [0.15, 0.2) is 24.3 Å². The van der Waals surface area contributed by atoms with E-state index in [0.717, 1.165) is 11.9 Å². The molecule has 0 atom stereocenters. The van der Waals surface area contributed by atoms with Gasteiger partial charge in [-0.2, -0.15) is 0 Å². The average Bonchev–Trinajstić information content (AvgIpc) is 2.88. The number of hydrogen-bond acceptors (Lipinski definition) is 6. The van der Waals surface area contributed by atoms with Crippen LogP contribution in [0.1, 0.15) is 30.6 Å². The van der Waals surface area contributed by atoms with Crippen molar-refractivity contribution in [1.82, 2.24) is 14.5 Å². The predicted molar refractivity (Wildman–Crippen MR) is 101 cm³/mol. The number of rotatable bonds is 7. The Morgan fingerprint density at radius 2 is 1.88 bits per heavy atom. The van der Waals surface area contributed by atoms with E-state index in [1.54, 1.807) is 11.7 Å². The van der Waals surface area contributed by atoms with Crippen molar-refractivity contribution in [2.75, 3.05) is 26.1 Å².